The SMILES string of the molecule is c1ccc(-c2ccc(N(c3ccc(-c4ccccc4-c4ccccc4)cc3)c3ccc4ccc5oc(-c6ccc7ccccc7c6)nc5c4c3)cc2)cc1. The normalized spacial score (nSPS) is 11.3. The fourth-order valence-electron chi connectivity index (χ4n) is 7.56. The summed E-state index contributed by atoms with van der Waals surface area (Å²) in [4.78, 5) is 7.43. The van der Waals surface area contributed by atoms with Crippen LogP contribution in [0.25, 0.3) is 77.5 Å². The Hall–Kier alpha value is -7.23. The van der Waals surface area contributed by atoms with Crippen LogP contribution in [0, 0.1) is 0 Å². The van der Waals surface area contributed by atoms with Gasteiger partial charge in [-0.25, -0.2) is 4.98 Å². The fraction of sp³-hybridized carbons (Fsp3) is 0. The summed E-state index contributed by atoms with van der Waals surface area (Å²) < 4.78 is 6.41. The second-order valence-corrected chi connectivity index (χ2v) is 13.6. The molecule has 0 fully saturated rings. The van der Waals surface area contributed by atoms with Gasteiger partial charge in [-0.15, -0.1) is 0 Å². The van der Waals surface area contributed by atoms with E-state index in [9.17, 15) is 0 Å². The first kappa shape index (κ1) is 31.5. The quantitative estimate of drug-likeness (QED) is 0.167. The Morgan fingerprint density at radius 3 is 1.56 bits per heavy atom. The van der Waals surface area contributed by atoms with E-state index in [1.807, 2.05) is 6.07 Å². The van der Waals surface area contributed by atoms with Crippen molar-refractivity contribution in [3.63, 3.8) is 0 Å². The summed E-state index contributed by atoms with van der Waals surface area (Å²) in [6.07, 6.45) is 0. The van der Waals surface area contributed by atoms with Crippen molar-refractivity contribution in [3.05, 3.63) is 206 Å². The van der Waals surface area contributed by atoms with Crippen molar-refractivity contribution in [1.29, 1.82) is 0 Å². The molecule has 0 spiro atoms. The minimum Gasteiger partial charge on any atom is -0.436 e. The number of rotatable bonds is 7. The van der Waals surface area contributed by atoms with Crippen molar-refractivity contribution in [2.24, 2.45) is 0 Å². The third kappa shape index (κ3) is 5.78. The molecule has 0 radical (unpaired) electrons. The van der Waals surface area contributed by atoms with Crippen molar-refractivity contribution in [3.8, 4) is 44.8 Å². The fourth-order valence-corrected chi connectivity index (χ4v) is 7.56. The van der Waals surface area contributed by atoms with Gasteiger partial charge in [-0.2, -0.15) is 0 Å². The van der Waals surface area contributed by atoms with E-state index >= 15 is 0 Å². The molecule has 254 valence electrons. The van der Waals surface area contributed by atoms with Gasteiger partial charge in [-0.3, -0.25) is 0 Å². The number of hydrogen-bond donors (Lipinski definition) is 0. The van der Waals surface area contributed by atoms with E-state index < -0.39 is 0 Å². The van der Waals surface area contributed by atoms with Gasteiger partial charge in [0.1, 0.15) is 5.52 Å². The first-order valence-corrected chi connectivity index (χ1v) is 18.3. The summed E-state index contributed by atoms with van der Waals surface area (Å²) in [7, 11) is 0. The predicted octanol–water partition coefficient (Wildman–Crippen LogP) is 14.3. The van der Waals surface area contributed by atoms with Gasteiger partial charge in [-0.1, -0.05) is 152 Å². The van der Waals surface area contributed by atoms with Crippen LogP contribution in [0.3, 0.4) is 0 Å². The molecule has 3 nitrogen and oxygen atoms in total. The molecule has 0 saturated carbocycles. The Kier molecular flexibility index (Phi) is 7.81. The molecule has 54 heavy (non-hydrogen) atoms. The standard InChI is InChI=1S/C51H34N2O/c1-3-11-35(12-4-1)37-21-27-43(28-22-37)53(44-29-23-39(24-30-44)47-18-10-9-17-46(47)38-14-5-2-6-15-38)45-31-25-40-26-32-49-50(48(40)34-45)52-51(54-49)42-20-19-36-13-7-8-16-41(36)33-42/h1-34H. The molecule has 9 aromatic carbocycles. The summed E-state index contributed by atoms with van der Waals surface area (Å²) in [5.41, 5.74) is 12.9. The predicted molar refractivity (Wildman–Crippen MR) is 225 cm³/mol. The largest absolute Gasteiger partial charge is 0.436 e. The van der Waals surface area contributed by atoms with Gasteiger partial charge in [0.05, 0.1) is 0 Å². The zero-order valence-electron chi connectivity index (χ0n) is 29.4. The smallest absolute Gasteiger partial charge is 0.227 e. The first-order valence-electron chi connectivity index (χ1n) is 18.3. The van der Waals surface area contributed by atoms with Crippen LogP contribution in [0.1, 0.15) is 0 Å². The van der Waals surface area contributed by atoms with Crippen LogP contribution in [0.5, 0.6) is 0 Å². The Morgan fingerprint density at radius 2 is 0.852 bits per heavy atom. The highest BCUT2D eigenvalue weighted by Gasteiger charge is 2.17. The molecule has 0 aliphatic rings. The minimum atomic E-state index is 0.619. The van der Waals surface area contributed by atoms with Gasteiger partial charge in [0.15, 0.2) is 5.58 Å². The first-order chi connectivity index (χ1) is 26.7. The highest BCUT2D eigenvalue weighted by atomic mass is 16.3. The lowest BCUT2D eigenvalue weighted by atomic mass is 9.94. The number of hydrogen-bond acceptors (Lipinski definition) is 3. The molecule has 0 aliphatic carbocycles. The Morgan fingerprint density at radius 1 is 0.352 bits per heavy atom. The molecule has 0 N–H and O–H groups in total. The number of oxazole rings is 1. The maximum absolute atomic E-state index is 6.41. The molecular weight excluding hydrogens is 657 g/mol. The van der Waals surface area contributed by atoms with Crippen LogP contribution >= 0.6 is 0 Å². The average Bonchev–Trinajstić information content (AvgIpc) is 3.70. The maximum atomic E-state index is 6.41. The lowest BCUT2D eigenvalue weighted by Gasteiger charge is -2.26. The molecule has 0 unspecified atom stereocenters. The van der Waals surface area contributed by atoms with Gasteiger partial charge in [0, 0.05) is 28.0 Å². The van der Waals surface area contributed by atoms with Crippen LogP contribution in [-0.4, -0.2) is 4.98 Å². The topological polar surface area (TPSA) is 29.3 Å². The van der Waals surface area contributed by atoms with E-state index in [4.69, 9.17) is 9.40 Å². The van der Waals surface area contributed by atoms with E-state index in [0.29, 0.717) is 5.89 Å². The molecule has 10 rings (SSSR count). The van der Waals surface area contributed by atoms with Crippen LogP contribution in [-0.2, 0) is 0 Å². The average molecular weight is 691 g/mol. The van der Waals surface area contributed by atoms with E-state index in [-0.39, 0.29) is 0 Å². The number of anilines is 3. The van der Waals surface area contributed by atoms with E-state index in [1.165, 1.54) is 38.8 Å². The minimum absolute atomic E-state index is 0.619. The zero-order valence-corrected chi connectivity index (χ0v) is 29.4. The number of benzene rings is 9. The molecule has 0 saturated heterocycles. The van der Waals surface area contributed by atoms with Crippen molar-refractivity contribution in [1.82, 2.24) is 4.98 Å². The third-order valence-corrected chi connectivity index (χ3v) is 10.3. The summed E-state index contributed by atoms with van der Waals surface area (Å²) in [6, 6.07) is 73.0. The summed E-state index contributed by atoms with van der Waals surface area (Å²) >= 11 is 0. The second kappa shape index (κ2) is 13.4. The van der Waals surface area contributed by atoms with Crippen molar-refractivity contribution < 1.29 is 4.42 Å². The molecule has 10 aromatic rings. The summed E-state index contributed by atoms with van der Waals surface area (Å²) in [6.45, 7) is 0. The molecular formula is C51H34N2O. The second-order valence-electron chi connectivity index (χ2n) is 13.6. The lowest BCUT2D eigenvalue weighted by molar-refractivity contribution is 0.620. The van der Waals surface area contributed by atoms with Gasteiger partial charge in [0.25, 0.3) is 0 Å². The molecule has 1 aromatic heterocycles. The third-order valence-electron chi connectivity index (χ3n) is 10.3. The van der Waals surface area contributed by atoms with Crippen LogP contribution in [0.15, 0.2) is 211 Å². The molecule has 0 amide bonds. The van der Waals surface area contributed by atoms with Gasteiger partial charge in [0.2, 0.25) is 5.89 Å². The number of nitrogens with zero attached hydrogens (tertiary/aromatic N) is 2. The molecule has 1 heterocycles. The monoisotopic (exact) mass is 690 g/mol. The summed E-state index contributed by atoms with van der Waals surface area (Å²) in [5.74, 6) is 0.619. The van der Waals surface area contributed by atoms with Gasteiger partial charge in [-0.05, 0) is 104 Å². The molecule has 0 atom stereocenters. The van der Waals surface area contributed by atoms with Crippen molar-refractivity contribution in [2.45, 2.75) is 0 Å². The lowest BCUT2D eigenvalue weighted by Crippen LogP contribution is -2.10. The number of aromatic nitrogens is 1. The van der Waals surface area contributed by atoms with Gasteiger partial charge >= 0.3 is 0 Å². The Labute approximate surface area is 314 Å². The van der Waals surface area contributed by atoms with Crippen LogP contribution < -0.4 is 4.90 Å². The van der Waals surface area contributed by atoms with E-state index in [2.05, 4.69) is 205 Å². The Balaban J connectivity index is 1.09. The molecule has 0 bridgehead atoms. The van der Waals surface area contributed by atoms with E-state index in [0.717, 1.165) is 49.9 Å². The van der Waals surface area contributed by atoms with Crippen LogP contribution in [0.4, 0.5) is 17.1 Å². The Bertz CT molecular complexity index is 2910. The molecule has 0 aliphatic heterocycles. The zero-order chi connectivity index (χ0) is 35.8. The molecule has 3 heteroatoms. The summed E-state index contributed by atoms with van der Waals surface area (Å²) in [5, 5.41) is 4.50. The highest BCUT2D eigenvalue weighted by molar-refractivity contribution is 6.06. The number of fused-ring (bicyclic) bond motifs is 4. The van der Waals surface area contributed by atoms with Gasteiger partial charge < -0.3 is 9.32 Å². The van der Waals surface area contributed by atoms with Crippen LogP contribution in [0.2, 0.25) is 0 Å². The van der Waals surface area contributed by atoms with Crippen molar-refractivity contribution in [2.75, 3.05) is 4.90 Å². The van der Waals surface area contributed by atoms with E-state index in [1.54, 1.807) is 0 Å². The highest BCUT2D eigenvalue weighted by Crippen LogP contribution is 2.41. The maximum Gasteiger partial charge on any atom is 0.227 e. The van der Waals surface area contributed by atoms with Crippen molar-refractivity contribution >= 4 is 49.7 Å².